The maximum absolute atomic E-state index is 13.0. The monoisotopic (exact) mass is 373 g/mol. The van der Waals surface area contributed by atoms with Crippen LogP contribution in [0.4, 0.5) is 4.39 Å². The van der Waals surface area contributed by atoms with Crippen LogP contribution >= 0.6 is 0 Å². The molecule has 3 aromatic rings. The van der Waals surface area contributed by atoms with Crippen LogP contribution in [0.3, 0.4) is 0 Å². The number of nitrogens with zero attached hydrogens (tertiary/aromatic N) is 2. The number of halogens is 1. The van der Waals surface area contributed by atoms with Gasteiger partial charge in [0.25, 0.3) is 0 Å². The molecule has 134 valence electrons. The van der Waals surface area contributed by atoms with Crippen molar-refractivity contribution in [1.82, 2.24) is 14.7 Å². The van der Waals surface area contributed by atoms with E-state index in [-0.39, 0.29) is 23.0 Å². The number of hydrogen-bond acceptors (Lipinski definition) is 5. The van der Waals surface area contributed by atoms with Crippen molar-refractivity contribution >= 4 is 10.0 Å². The molecule has 0 saturated heterocycles. The molecule has 1 N–H and O–H groups in total. The zero-order valence-corrected chi connectivity index (χ0v) is 14.7. The van der Waals surface area contributed by atoms with Gasteiger partial charge < -0.3 is 4.74 Å². The van der Waals surface area contributed by atoms with E-state index in [0.717, 1.165) is 0 Å². The van der Waals surface area contributed by atoms with Crippen molar-refractivity contribution in [2.45, 2.75) is 11.4 Å². The fourth-order valence-electron chi connectivity index (χ4n) is 2.36. The Hall–Kier alpha value is -2.84. The maximum Gasteiger partial charge on any atom is 0.244 e. The SMILES string of the molecule is COc1ccccc1S(=O)(=O)NCc1cc(-c2ccc(F)cc2)ncn1. The second-order valence-corrected chi connectivity index (χ2v) is 7.11. The first-order valence-electron chi connectivity index (χ1n) is 7.69. The first-order chi connectivity index (χ1) is 12.5. The van der Waals surface area contributed by atoms with Gasteiger partial charge in [0.05, 0.1) is 25.0 Å². The summed E-state index contributed by atoms with van der Waals surface area (Å²) in [7, 11) is -2.36. The second-order valence-electron chi connectivity index (χ2n) is 5.38. The van der Waals surface area contributed by atoms with Gasteiger partial charge in [-0.1, -0.05) is 12.1 Å². The van der Waals surface area contributed by atoms with E-state index in [2.05, 4.69) is 14.7 Å². The van der Waals surface area contributed by atoms with Gasteiger partial charge in [0.1, 0.15) is 22.8 Å². The van der Waals surface area contributed by atoms with Crippen molar-refractivity contribution in [3.05, 3.63) is 72.4 Å². The van der Waals surface area contributed by atoms with Gasteiger partial charge in [-0.15, -0.1) is 0 Å². The Bertz CT molecular complexity index is 1010. The van der Waals surface area contributed by atoms with Crippen molar-refractivity contribution in [2.75, 3.05) is 7.11 Å². The van der Waals surface area contributed by atoms with E-state index in [1.807, 2.05) is 0 Å². The minimum absolute atomic E-state index is 0.0168. The summed E-state index contributed by atoms with van der Waals surface area (Å²) in [6.07, 6.45) is 1.34. The number of sulfonamides is 1. The summed E-state index contributed by atoms with van der Waals surface area (Å²) >= 11 is 0. The van der Waals surface area contributed by atoms with Crippen LogP contribution in [-0.2, 0) is 16.6 Å². The molecular formula is C18H16FN3O3S. The second kappa shape index (κ2) is 7.59. The van der Waals surface area contributed by atoms with Crippen molar-refractivity contribution in [3.8, 4) is 17.0 Å². The van der Waals surface area contributed by atoms with Gasteiger partial charge in [-0.05, 0) is 42.5 Å². The fourth-order valence-corrected chi connectivity index (χ4v) is 3.53. The van der Waals surface area contributed by atoms with E-state index in [4.69, 9.17) is 4.74 Å². The van der Waals surface area contributed by atoms with Crippen LogP contribution < -0.4 is 9.46 Å². The van der Waals surface area contributed by atoms with Crippen LogP contribution in [0, 0.1) is 5.82 Å². The van der Waals surface area contributed by atoms with Gasteiger partial charge in [-0.25, -0.2) is 27.5 Å². The lowest BCUT2D eigenvalue weighted by Gasteiger charge is -2.10. The lowest BCUT2D eigenvalue weighted by Crippen LogP contribution is -2.24. The summed E-state index contributed by atoms with van der Waals surface area (Å²) in [5.74, 6) is -0.0812. The molecular weight excluding hydrogens is 357 g/mol. The van der Waals surface area contributed by atoms with E-state index in [1.54, 1.807) is 36.4 Å². The van der Waals surface area contributed by atoms with Gasteiger partial charge in [-0.2, -0.15) is 0 Å². The molecule has 0 atom stereocenters. The average molecular weight is 373 g/mol. The molecule has 2 aromatic carbocycles. The Labute approximate surface area is 150 Å². The van der Waals surface area contributed by atoms with E-state index in [1.165, 1.54) is 31.6 Å². The first-order valence-corrected chi connectivity index (χ1v) is 9.17. The Morgan fingerprint density at radius 3 is 2.54 bits per heavy atom. The maximum atomic E-state index is 13.0. The minimum atomic E-state index is -3.77. The van der Waals surface area contributed by atoms with Crippen molar-refractivity contribution in [3.63, 3.8) is 0 Å². The quantitative estimate of drug-likeness (QED) is 0.719. The molecule has 0 spiro atoms. The summed E-state index contributed by atoms with van der Waals surface area (Å²) in [6.45, 7) is -0.0168. The largest absolute Gasteiger partial charge is 0.495 e. The van der Waals surface area contributed by atoms with Crippen LogP contribution in [0.2, 0.25) is 0 Å². The van der Waals surface area contributed by atoms with E-state index in [0.29, 0.717) is 17.0 Å². The Balaban J connectivity index is 1.79. The Morgan fingerprint density at radius 2 is 1.81 bits per heavy atom. The third-order valence-electron chi connectivity index (χ3n) is 3.67. The highest BCUT2D eigenvalue weighted by molar-refractivity contribution is 7.89. The zero-order chi connectivity index (χ0) is 18.6. The molecule has 0 radical (unpaired) electrons. The molecule has 8 heteroatoms. The van der Waals surface area contributed by atoms with Gasteiger partial charge in [0.2, 0.25) is 10.0 Å². The molecule has 0 unspecified atom stereocenters. The van der Waals surface area contributed by atoms with Crippen molar-refractivity contribution < 1.29 is 17.5 Å². The normalized spacial score (nSPS) is 11.3. The number of nitrogens with one attached hydrogen (secondary N) is 1. The molecule has 0 bridgehead atoms. The van der Waals surface area contributed by atoms with Crippen molar-refractivity contribution in [2.24, 2.45) is 0 Å². The average Bonchev–Trinajstić information content (AvgIpc) is 2.67. The van der Waals surface area contributed by atoms with Crippen LogP contribution in [0.15, 0.2) is 65.8 Å². The number of methoxy groups -OCH3 is 1. The molecule has 0 amide bonds. The van der Waals surface area contributed by atoms with E-state index >= 15 is 0 Å². The van der Waals surface area contributed by atoms with E-state index < -0.39 is 10.0 Å². The Kier molecular flexibility index (Phi) is 5.24. The molecule has 0 aliphatic heterocycles. The molecule has 1 aromatic heterocycles. The highest BCUT2D eigenvalue weighted by atomic mass is 32.2. The van der Waals surface area contributed by atoms with Crippen LogP contribution in [-0.4, -0.2) is 25.5 Å². The van der Waals surface area contributed by atoms with Crippen molar-refractivity contribution in [1.29, 1.82) is 0 Å². The number of para-hydroxylation sites is 1. The highest BCUT2D eigenvalue weighted by Crippen LogP contribution is 2.23. The van der Waals surface area contributed by atoms with Crippen LogP contribution in [0.25, 0.3) is 11.3 Å². The highest BCUT2D eigenvalue weighted by Gasteiger charge is 2.18. The van der Waals surface area contributed by atoms with Crippen LogP contribution in [0.1, 0.15) is 5.69 Å². The number of ether oxygens (including phenoxy) is 1. The van der Waals surface area contributed by atoms with Gasteiger partial charge >= 0.3 is 0 Å². The standard InChI is InChI=1S/C18H16FN3O3S/c1-25-17-4-2-3-5-18(17)26(23,24)22-11-15-10-16(21-12-20-15)13-6-8-14(19)9-7-13/h2-10,12,22H,11H2,1H3. The summed E-state index contributed by atoms with van der Waals surface area (Å²) < 4.78 is 45.6. The topological polar surface area (TPSA) is 81.2 Å². The third kappa shape index (κ3) is 4.04. The predicted molar refractivity (Wildman–Crippen MR) is 94.4 cm³/mol. The lowest BCUT2D eigenvalue weighted by atomic mass is 10.1. The first kappa shape index (κ1) is 18.0. The molecule has 26 heavy (non-hydrogen) atoms. The number of hydrogen-bond donors (Lipinski definition) is 1. The number of aromatic nitrogens is 2. The lowest BCUT2D eigenvalue weighted by molar-refractivity contribution is 0.402. The van der Waals surface area contributed by atoms with Crippen LogP contribution in [0.5, 0.6) is 5.75 Å². The summed E-state index contributed by atoms with van der Waals surface area (Å²) in [5, 5.41) is 0. The minimum Gasteiger partial charge on any atom is -0.495 e. The Morgan fingerprint density at radius 1 is 1.08 bits per heavy atom. The smallest absolute Gasteiger partial charge is 0.244 e. The summed E-state index contributed by atoms with van der Waals surface area (Å²) in [5.41, 5.74) is 1.77. The molecule has 0 fully saturated rings. The summed E-state index contributed by atoms with van der Waals surface area (Å²) in [4.78, 5) is 8.27. The molecule has 0 aliphatic carbocycles. The van der Waals surface area contributed by atoms with Gasteiger partial charge in [-0.3, -0.25) is 0 Å². The predicted octanol–water partition coefficient (Wildman–Crippen LogP) is 2.77. The molecule has 6 nitrogen and oxygen atoms in total. The third-order valence-corrected chi connectivity index (χ3v) is 5.11. The number of rotatable bonds is 6. The zero-order valence-electron chi connectivity index (χ0n) is 13.9. The van der Waals surface area contributed by atoms with E-state index in [9.17, 15) is 12.8 Å². The molecule has 1 heterocycles. The van der Waals surface area contributed by atoms with Gasteiger partial charge in [0, 0.05) is 5.56 Å². The molecule has 0 saturated carbocycles. The fraction of sp³-hybridized carbons (Fsp3) is 0.111. The number of benzene rings is 2. The molecule has 3 rings (SSSR count). The molecule has 0 aliphatic rings. The van der Waals surface area contributed by atoms with Gasteiger partial charge in [0.15, 0.2) is 0 Å². The summed E-state index contributed by atoms with van der Waals surface area (Å²) in [6, 6.07) is 13.9.